The van der Waals surface area contributed by atoms with Crippen LogP contribution in [-0.2, 0) is 13.0 Å². The van der Waals surface area contributed by atoms with Crippen molar-refractivity contribution in [3.8, 4) is 0 Å². The number of hydrogen-bond acceptors (Lipinski definition) is 3. The van der Waals surface area contributed by atoms with Gasteiger partial charge in [0.05, 0.1) is 6.10 Å². The summed E-state index contributed by atoms with van der Waals surface area (Å²) in [7, 11) is 0. The van der Waals surface area contributed by atoms with Gasteiger partial charge in [0, 0.05) is 13.0 Å². The Kier molecular flexibility index (Phi) is 4.04. The minimum absolute atomic E-state index is 0.337. The Balaban J connectivity index is 2.11. The Morgan fingerprint density at radius 2 is 2.28 bits per heavy atom. The van der Waals surface area contributed by atoms with Crippen molar-refractivity contribution in [3.63, 3.8) is 0 Å². The summed E-state index contributed by atoms with van der Waals surface area (Å²) in [5, 5.41) is 14.2. The van der Waals surface area contributed by atoms with Gasteiger partial charge in [-0.3, -0.25) is 4.68 Å². The fourth-order valence-corrected chi connectivity index (χ4v) is 1.85. The molecule has 18 heavy (non-hydrogen) atoms. The Morgan fingerprint density at radius 1 is 1.44 bits per heavy atom. The average molecular weight is 249 g/mol. The van der Waals surface area contributed by atoms with E-state index in [9.17, 15) is 9.50 Å². The van der Waals surface area contributed by atoms with Gasteiger partial charge in [0.15, 0.2) is 0 Å². The third kappa shape index (κ3) is 2.92. The van der Waals surface area contributed by atoms with Crippen molar-refractivity contribution in [2.75, 3.05) is 0 Å². The molecule has 1 unspecified atom stereocenters. The zero-order valence-electron chi connectivity index (χ0n) is 10.3. The zero-order valence-corrected chi connectivity index (χ0v) is 10.3. The summed E-state index contributed by atoms with van der Waals surface area (Å²) >= 11 is 0. The van der Waals surface area contributed by atoms with Gasteiger partial charge in [-0.25, -0.2) is 9.37 Å². The lowest BCUT2D eigenvalue weighted by atomic mass is 10.1. The summed E-state index contributed by atoms with van der Waals surface area (Å²) in [6.45, 7) is 2.82. The van der Waals surface area contributed by atoms with Crippen molar-refractivity contribution in [1.82, 2.24) is 14.8 Å². The smallest absolute Gasteiger partial charge is 0.138 e. The minimum atomic E-state index is -0.763. The standard InChI is InChI=1S/C13H16FN3O/c1-2-6-17-13(15-9-16-17)8-12(18)10-4-3-5-11(14)7-10/h3-5,7,9,12,18H,2,6,8H2,1H3. The highest BCUT2D eigenvalue weighted by atomic mass is 19.1. The van der Waals surface area contributed by atoms with Gasteiger partial charge >= 0.3 is 0 Å². The van der Waals surface area contributed by atoms with Crippen molar-refractivity contribution < 1.29 is 9.50 Å². The van der Waals surface area contributed by atoms with E-state index >= 15 is 0 Å². The molecular formula is C13H16FN3O. The quantitative estimate of drug-likeness (QED) is 0.882. The van der Waals surface area contributed by atoms with Gasteiger partial charge in [0.25, 0.3) is 0 Å². The highest BCUT2D eigenvalue weighted by Gasteiger charge is 2.13. The molecule has 0 aliphatic rings. The lowest BCUT2D eigenvalue weighted by Gasteiger charge is -2.11. The van der Waals surface area contributed by atoms with Crippen LogP contribution in [0.3, 0.4) is 0 Å². The van der Waals surface area contributed by atoms with E-state index in [2.05, 4.69) is 17.0 Å². The first-order valence-electron chi connectivity index (χ1n) is 6.01. The van der Waals surface area contributed by atoms with Gasteiger partial charge in [-0.2, -0.15) is 5.10 Å². The molecule has 0 spiro atoms. The molecule has 2 rings (SSSR count). The van der Waals surface area contributed by atoms with E-state index in [-0.39, 0.29) is 5.82 Å². The third-order valence-electron chi connectivity index (χ3n) is 2.74. The lowest BCUT2D eigenvalue weighted by Crippen LogP contribution is -2.10. The maximum Gasteiger partial charge on any atom is 0.138 e. The van der Waals surface area contributed by atoms with E-state index in [1.165, 1.54) is 18.5 Å². The highest BCUT2D eigenvalue weighted by Crippen LogP contribution is 2.18. The Bertz CT molecular complexity index is 512. The van der Waals surface area contributed by atoms with E-state index in [4.69, 9.17) is 0 Å². The minimum Gasteiger partial charge on any atom is -0.388 e. The van der Waals surface area contributed by atoms with Gasteiger partial charge in [-0.05, 0) is 24.1 Å². The van der Waals surface area contributed by atoms with E-state index in [0.717, 1.165) is 13.0 Å². The fraction of sp³-hybridized carbons (Fsp3) is 0.385. The number of halogens is 1. The molecule has 0 radical (unpaired) electrons. The molecule has 0 bridgehead atoms. The van der Waals surface area contributed by atoms with Crippen molar-refractivity contribution in [2.45, 2.75) is 32.4 Å². The normalized spacial score (nSPS) is 12.6. The van der Waals surface area contributed by atoms with Crippen molar-refractivity contribution in [3.05, 3.63) is 47.8 Å². The van der Waals surface area contributed by atoms with E-state index in [1.807, 2.05) is 0 Å². The first-order valence-corrected chi connectivity index (χ1v) is 6.01. The summed E-state index contributed by atoms with van der Waals surface area (Å²) in [4.78, 5) is 4.12. The van der Waals surface area contributed by atoms with E-state index < -0.39 is 6.10 Å². The predicted molar refractivity (Wildman–Crippen MR) is 65.4 cm³/mol. The van der Waals surface area contributed by atoms with Crippen molar-refractivity contribution in [1.29, 1.82) is 0 Å². The van der Waals surface area contributed by atoms with Crippen LogP contribution in [0.2, 0.25) is 0 Å². The summed E-state index contributed by atoms with van der Waals surface area (Å²) < 4.78 is 14.8. The molecule has 1 heterocycles. The molecule has 4 nitrogen and oxygen atoms in total. The molecule has 1 aromatic carbocycles. The van der Waals surface area contributed by atoms with Crippen LogP contribution in [0.15, 0.2) is 30.6 Å². The summed E-state index contributed by atoms with van der Waals surface area (Å²) in [5.74, 6) is 0.371. The number of aromatic nitrogens is 3. The van der Waals surface area contributed by atoms with E-state index in [1.54, 1.807) is 16.8 Å². The number of nitrogens with zero attached hydrogens (tertiary/aromatic N) is 3. The molecule has 2 aromatic rings. The first-order chi connectivity index (χ1) is 8.70. The van der Waals surface area contributed by atoms with Crippen LogP contribution in [0.25, 0.3) is 0 Å². The third-order valence-corrected chi connectivity index (χ3v) is 2.74. The first kappa shape index (κ1) is 12.7. The molecule has 1 atom stereocenters. The molecule has 0 aliphatic carbocycles. The Labute approximate surface area is 105 Å². The highest BCUT2D eigenvalue weighted by molar-refractivity contribution is 5.19. The Hall–Kier alpha value is -1.75. The van der Waals surface area contributed by atoms with Crippen LogP contribution in [0.4, 0.5) is 4.39 Å². The Morgan fingerprint density at radius 3 is 3.00 bits per heavy atom. The second-order valence-corrected chi connectivity index (χ2v) is 4.17. The molecule has 96 valence electrons. The maximum atomic E-state index is 13.1. The topological polar surface area (TPSA) is 50.9 Å². The largest absolute Gasteiger partial charge is 0.388 e. The maximum absolute atomic E-state index is 13.1. The van der Waals surface area contributed by atoms with Gasteiger partial charge in [-0.1, -0.05) is 19.1 Å². The van der Waals surface area contributed by atoms with Crippen LogP contribution in [0.5, 0.6) is 0 Å². The molecule has 0 aliphatic heterocycles. The van der Waals surface area contributed by atoms with Gasteiger partial charge in [0.1, 0.15) is 18.0 Å². The average Bonchev–Trinajstić information content (AvgIpc) is 2.77. The number of hydrogen-bond donors (Lipinski definition) is 1. The predicted octanol–water partition coefficient (Wildman–Crippen LogP) is 2.10. The van der Waals surface area contributed by atoms with Gasteiger partial charge < -0.3 is 5.11 Å². The molecule has 0 saturated carbocycles. The number of benzene rings is 1. The van der Waals surface area contributed by atoms with Crippen LogP contribution in [0.1, 0.15) is 30.8 Å². The van der Waals surface area contributed by atoms with Gasteiger partial charge in [-0.15, -0.1) is 0 Å². The number of aliphatic hydroxyl groups is 1. The molecule has 5 heteroatoms. The van der Waals surface area contributed by atoms with Gasteiger partial charge in [0.2, 0.25) is 0 Å². The van der Waals surface area contributed by atoms with Crippen LogP contribution >= 0.6 is 0 Å². The summed E-state index contributed by atoms with van der Waals surface area (Å²) in [5.41, 5.74) is 0.557. The van der Waals surface area contributed by atoms with Crippen LogP contribution < -0.4 is 0 Å². The second-order valence-electron chi connectivity index (χ2n) is 4.17. The lowest BCUT2D eigenvalue weighted by molar-refractivity contribution is 0.173. The van der Waals surface area contributed by atoms with Crippen molar-refractivity contribution in [2.24, 2.45) is 0 Å². The molecule has 0 saturated heterocycles. The molecule has 0 amide bonds. The molecular weight excluding hydrogens is 233 g/mol. The van der Waals surface area contributed by atoms with Crippen LogP contribution in [0, 0.1) is 5.82 Å². The van der Waals surface area contributed by atoms with Crippen molar-refractivity contribution >= 4 is 0 Å². The molecule has 1 aromatic heterocycles. The number of aliphatic hydroxyl groups excluding tert-OH is 1. The summed E-state index contributed by atoms with van der Waals surface area (Å²) in [6.07, 6.45) is 2.00. The molecule has 0 fully saturated rings. The second kappa shape index (κ2) is 5.73. The SMILES string of the molecule is CCCn1ncnc1CC(O)c1cccc(F)c1. The van der Waals surface area contributed by atoms with Crippen LogP contribution in [-0.4, -0.2) is 19.9 Å². The zero-order chi connectivity index (χ0) is 13.0. The van der Waals surface area contributed by atoms with E-state index in [0.29, 0.717) is 17.8 Å². The number of rotatable bonds is 5. The summed E-state index contributed by atoms with van der Waals surface area (Å²) in [6, 6.07) is 5.99. The molecule has 1 N–H and O–H groups in total. The monoisotopic (exact) mass is 249 g/mol. The fourth-order valence-electron chi connectivity index (χ4n) is 1.85. The number of aryl methyl sites for hydroxylation is 1.